The number of aromatic nitrogens is 2. The summed E-state index contributed by atoms with van der Waals surface area (Å²) in [6, 6.07) is 6.82. The molecule has 0 aliphatic carbocycles. The van der Waals surface area contributed by atoms with Gasteiger partial charge in [-0.1, -0.05) is 35.0 Å². The van der Waals surface area contributed by atoms with Gasteiger partial charge < -0.3 is 15.6 Å². The van der Waals surface area contributed by atoms with E-state index in [1.165, 1.54) is 0 Å². The second-order valence-electron chi connectivity index (χ2n) is 4.34. The molecule has 1 atom stereocenters. The number of aryl methyl sites for hydroxylation is 2. The van der Waals surface area contributed by atoms with E-state index in [-0.39, 0.29) is 12.5 Å². The maximum atomic E-state index is 11.9. The summed E-state index contributed by atoms with van der Waals surface area (Å²) < 4.78 is 4.90. The van der Waals surface area contributed by atoms with E-state index >= 15 is 0 Å². The predicted molar refractivity (Wildman–Crippen MR) is 69.0 cm³/mol. The Hall–Kier alpha value is -2.21. The zero-order valence-corrected chi connectivity index (χ0v) is 10.9. The van der Waals surface area contributed by atoms with Gasteiger partial charge in [0.1, 0.15) is 6.04 Å². The summed E-state index contributed by atoms with van der Waals surface area (Å²) in [6.07, 6.45) is 0. The minimum absolute atomic E-state index is 0.180. The summed E-state index contributed by atoms with van der Waals surface area (Å²) in [6.45, 7) is 3.87. The number of nitrogens with two attached hydrogens (primary N) is 1. The van der Waals surface area contributed by atoms with Gasteiger partial charge in [0.05, 0.1) is 6.54 Å². The molecule has 1 heterocycles. The third-order valence-electron chi connectivity index (χ3n) is 2.70. The molecule has 0 fully saturated rings. The summed E-state index contributed by atoms with van der Waals surface area (Å²) in [4.78, 5) is 15.9. The Bertz CT molecular complexity index is 562. The Morgan fingerprint density at radius 3 is 2.63 bits per heavy atom. The van der Waals surface area contributed by atoms with Gasteiger partial charge in [0.2, 0.25) is 11.8 Å². The quantitative estimate of drug-likeness (QED) is 0.855. The predicted octanol–water partition coefficient (Wildman–Crippen LogP) is 1.00. The van der Waals surface area contributed by atoms with Crippen molar-refractivity contribution in [1.29, 1.82) is 0 Å². The van der Waals surface area contributed by atoms with Gasteiger partial charge in [-0.05, 0) is 19.4 Å². The second-order valence-corrected chi connectivity index (χ2v) is 4.34. The zero-order valence-electron chi connectivity index (χ0n) is 10.9. The average Bonchev–Trinajstić information content (AvgIpc) is 2.82. The molecule has 19 heavy (non-hydrogen) atoms. The molecule has 0 radical (unpaired) electrons. The minimum atomic E-state index is -0.704. The Labute approximate surface area is 111 Å². The largest absolute Gasteiger partial charge is 0.345 e. The van der Waals surface area contributed by atoms with Crippen molar-refractivity contribution < 1.29 is 9.32 Å². The van der Waals surface area contributed by atoms with E-state index in [1.807, 2.05) is 31.2 Å². The van der Waals surface area contributed by atoms with Crippen molar-refractivity contribution in [1.82, 2.24) is 15.5 Å². The summed E-state index contributed by atoms with van der Waals surface area (Å²) in [7, 11) is 0. The molecule has 1 amide bonds. The number of amides is 1. The van der Waals surface area contributed by atoms with Crippen LogP contribution in [-0.2, 0) is 11.3 Å². The van der Waals surface area contributed by atoms with Gasteiger partial charge in [-0.2, -0.15) is 4.98 Å². The second kappa shape index (κ2) is 5.62. The van der Waals surface area contributed by atoms with Crippen LogP contribution in [0.15, 0.2) is 28.8 Å². The van der Waals surface area contributed by atoms with Crippen molar-refractivity contribution in [3.05, 3.63) is 47.1 Å². The summed E-state index contributed by atoms with van der Waals surface area (Å²) in [5.41, 5.74) is 7.77. The first-order valence-corrected chi connectivity index (χ1v) is 5.95. The van der Waals surface area contributed by atoms with E-state index < -0.39 is 6.04 Å². The number of nitrogens with one attached hydrogen (secondary N) is 1. The van der Waals surface area contributed by atoms with Crippen LogP contribution in [-0.4, -0.2) is 16.0 Å². The summed E-state index contributed by atoms with van der Waals surface area (Å²) >= 11 is 0. The molecular weight excluding hydrogens is 244 g/mol. The first kappa shape index (κ1) is 13.2. The molecule has 2 rings (SSSR count). The van der Waals surface area contributed by atoms with Gasteiger partial charge in [-0.25, -0.2) is 0 Å². The highest BCUT2D eigenvalue weighted by atomic mass is 16.5. The Morgan fingerprint density at radius 1 is 1.37 bits per heavy atom. The van der Waals surface area contributed by atoms with Crippen LogP contribution in [0.25, 0.3) is 0 Å². The van der Waals surface area contributed by atoms with Gasteiger partial charge in [0.15, 0.2) is 5.82 Å². The van der Waals surface area contributed by atoms with Crippen LogP contribution >= 0.6 is 0 Å². The first-order chi connectivity index (χ1) is 9.06. The number of hydrogen-bond acceptors (Lipinski definition) is 5. The summed E-state index contributed by atoms with van der Waals surface area (Å²) in [5, 5.41) is 6.30. The third kappa shape index (κ3) is 3.38. The van der Waals surface area contributed by atoms with Crippen molar-refractivity contribution in [3.63, 3.8) is 0 Å². The average molecular weight is 260 g/mol. The van der Waals surface area contributed by atoms with Crippen molar-refractivity contribution in [2.45, 2.75) is 26.4 Å². The van der Waals surface area contributed by atoms with E-state index in [2.05, 4.69) is 15.5 Å². The van der Waals surface area contributed by atoms with E-state index in [0.717, 1.165) is 11.1 Å². The van der Waals surface area contributed by atoms with Gasteiger partial charge in [-0.15, -0.1) is 0 Å². The highest BCUT2D eigenvalue weighted by molar-refractivity contribution is 5.82. The molecular formula is C13H16N4O2. The zero-order chi connectivity index (χ0) is 13.8. The van der Waals surface area contributed by atoms with Gasteiger partial charge >= 0.3 is 0 Å². The number of carbonyl (C=O) groups is 1. The number of nitrogens with zero attached hydrogens (tertiary/aromatic N) is 2. The molecule has 3 N–H and O–H groups in total. The normalized spacial score (nSPS) is 12.2. The molecule has 6 nitrogen and oxygen atoms in total. The Balaban J connectivity index is 1.94. The number of hydrogen-bond donors (Lipinski definition) is 2. The van der Waals surface area contributed by atoms with Crippen molar-refractivity contribution in [2.75, 3.05) is 0 Å². The van der Waals surface area contributed by atoms with Crippen molar-refractivity contribution >= 4 is 5.91 Å². The Morgan fingerprint density at radius 2 is 2.05 bits per heavy atom. The van der Waals surface area contributed by atoms with Gasteiger partial charge in [-0.3, -0.25) is 4.79 Å². The number of benzene rings is 1. The van der Waals surface area contributed by atoms with Crippen LogP contribution in [0.3, 0.4) is 0 Å². The molecule has 0 bridgehead atoms. The van der Waals surface area contributed by atoms with Crippen LogP contribution in [0.1, 0.15) is 28.9 Å². The van der Waals surface area contributed by atoms with E-state index in [0.29, 0.717) is 11.7 Å². The van der Waals surface area contributed by atoms with Crippen molar-refractivity contribution in [2.24, 2.45) is 5.73 Å². The molecule has 2 aromatic rings. The van der Waals surface area contributed by atoms with E-state index in [4.69, 9.17) is 10.3 Å². The monoisotopic (exact) mass is 260 g/mol. The van der Waals surface area contributed by atoms with Gasteiger partial charge in [0, 0.05) is 0 Å². The minimum Gasteiger partial charge on any atom is -0.345 e. The Kier molecular flexibility index (Phi) is 3.91. The molecule has 0 saturated carbocycles. The molecule has 0 aliphatic heterocycles. The van der Waals surface area contributed by atoms with Crippen LogP contribution in [0, 0.1) is 13.8 Å². The topological polar surface area (TPSA) is 94.0 Å². The molecule has 1 aromatic heterocycles. The molecule has 0 aliphatic rings. The standard InChI is InChI=1S/C13H16N4O2/c1-8-3-5-10(6-4-8)12(14)13(18)15-7-11-16-9(2)17-19-11/h3-6,12H,7,14H2,1-2H3,(H,15,18). The number of rotatable bonds is 4. The van der Waals surface area contributed by atoms with Crippen LogP contribution in [0.5, 0.6) is 0 Å². The fourth-order valence-electron chi connectivity index (χ4n) is 1.61. The number of carbonyl (C=O) groups excluding carboxylic acids is 1. The lowest BCUT2D eigenvalue weighted by Crippen LogP contribution is -2.33. The lowest BCUT2D eigenvalue weighted by molar-refractivity contribution is -0.122. The fourth-order valence-corrected chi connectivity index (χ4v) is 1.61. The molecule has 100 valence electrons. The molecule has 6 heteroatoms. The van der Waals surface area contributed by atoms with E-state index in [1.54, 1.807) is 6.92 Å². The molecule has 1 aromatic carbocycles. The summed E-state index contributed by atoms with van der Waals surface area (Å²) in [5.74, 6) is 0.619. The first-order valence-electron chi connectivity index (χ1n) is 5.95. The fraction of sp³-hybridized carbons (Fsp3) is 0.308. The smallest absolute Gasteiger partial charge is 0.246 e. The molecule has 0 spiro atoms. The lowest BCUT2D eigenvalue weighted by atomic mass is 10.1. The van der Waals surface area contributed by atoms with Crippen LogP contribution < -0.4 is 11.1 Å². The van der Waals surface area contributed by atoms with Gasteiger partial charge in [0.25, 0.3) is 0 Å². The third-order valence-corrected chi connectivity index (χ3v) is 2.70. The van der Waals surface area contributed by atoms with Crippen molar-refractivity contribution in [3.8, 4) is 0 Å². The SMILES string of the molecule is Cc1ccc(C(N)C(=O)NCc2nc(C)no2)cc1. The lowest BCUT2D eigenvalue weighted by Gasteiger charge is -2.11. The van der Waals surface area contributed by atoms with Crippen LogP contribution in [0.2, 0.25) is 0 Å². The highest BCUT2D eigenvalue weighted by Crippen LogP contribution is 2.11. The highest BCUT2D eigenvalue weighted by Gasteiger charge is 2.16. The molecule has 0 saturated heterocycles. The van der Waals surface area contributed by atoms with Crippen LogP contribution in [0.4, 0.5) is 0 Å². The molecule has 1 unspecified atom stereocenters. The maximum absolute atomic E-state index is 11.9. The van der Waals surface area contributed by atoms with E-state index in [9.17, 15) is 4.79 Å². The maximum Gasteiger partial charge on any atom is 0.246 e.